The number of ketones is 1. The van der Waals surface area contributed by atoms with Crippen molar-refractivity contribution < 1.29 is 9.18 Å². The van der Waals surface area contributed by atoms with Crippen LogP contribution in [0.4, 0.5) is 4.39 Å². The molecule has 1 aliphatic rings. The van der Waals surface area contributed by atoms with Crippen LogP contribution in [-0.4, -0.2) is 5.78 Å². The molecular weight excluding hydrogens is 435 g/mol. The van der Waals surface area contributed by atoms with Crippen LogP contribution in [0.25, 0.3) is 4.91 Å². The minimum Gasteiger partial charge on any atom is -0.294 e. The minimum absolute atomic E-state index is 0.171. The molecule has 0 bridgehead atoms. The highest BCUT2D eigenvalue weighted by Gasteiger charge is 2.22. The van der Waals surface area contributed by atoms with E-state index >= 15 is 0 Å². The Morgan fingerprint density at radius 1 is 0.893 bits per heavy atom. The molecule has 0 unspecified atom stereocenters. The largest absolute Gasteiger partial charge is 0.294 e. The maximum Gasteiger partial charge on any atom is 0.164 e. The Morgan fingerprint density at radius 3 is 2.18 bits per heavy atom. The Labute approximate surface area is 177 Å². The molecule has 1 nitrogen and oxygen atoms in total. The van der Waals surface area contributed by atoms with E-state index in [9.17, 15) is 9.18 Å². The molecule has 0 saturated carbocycles. The monoisotopic (exact) mass is 454 g/mol. The van der Waals surface area contributed by atoms with E-state index in [0.717, 1.165) is 31.0 Å². The number of thioether (sulfide) groups is 1. The average molecular weight is 455 g/mol. The van der Waals surface area contributed by atoms with Crippen molar-refractivity contribution in [2.24, 2.45) is 0 Å². The second-order valence-corrected chi connectivity index (χ2v) is 8.56. The van der Waals surface area contributed by atoms with Gasteiger partial charge < -0.3 is 0 Å². The lowest BCUT2D eigenvalue weighted by Crippen LogP contribution is -2.12. The van der Waals surface area contributed by atoms with Gasteiger partial charge in [-0.05, 0) is 61.4 Å². The van der Waals surface area contributed by atoms with E-state index in [2.05, 4.69) is 34.1 Å². The van der Waals surface area contributed by atoms with Gasteiger partial charge in [0.15, 0.2) is 5.78 Å². The van der Waals surface area contributed by atoms with Crippen LogP contribution < -0.4 is 0 Å². The number of halogens is 2. The molecule has 0 spiro atoms. The molecule has 3 aromatic carbocycles. The van der Waals surface area contributed by atoms with Gasteiger partial charge in [0, 0.05) is 26.3 Å². The fourth-order valence-corrected chi connectivity index (χ4v) is 4.16. The molecule has 0 heterocycles. The molecule has 0 saturated heterocycles. The SMILES string of the molecule is CC1=C(Sc2ccc(Br)cc2)c2ccccc2CC1=O.Cc1ccc(F)cc1. The molecule has 4 rings (SSSR count). The first-order chi connectivity index (χ1) is 13.4. The van der Waals surface area contributed by atoms with Crippen LogP contribution in [0.15, 0.2) is 87.7 Å². The van der Waals surface area contributed by atoms with Gasteiger partial charge in [-0.3, -0.25) is 4.79 Å². The maximum absolute atomic E-state index is 12.1. The molecule has 28 heavy (non-hydrogen) atoms. The Kier molecular flexibility index (Phi) is 6.87. The quantitative estimate of drug-likeness (QED) is 0.406. The van der Waals surface area contributed by atoms with E-state index in [1.54, 1.807) is 23.9 Å². The van der Waals surface area contributed by atoms with Crippen molar-refractivity contribution in [2.45, 2.75) is 25.2 Å². The summed E-state index contributed by atoms with van der Waals surface area (Å²) >= 11 is 5.11. The second-order valence-electron chi connectivity index (χ2n) is 6.56. The van der Waals surface area contributed by atoms with E-state index in [0.29, 0.717) is 6.42 Å². The number of carbonyl (C=O) groups excluding carboxylic acids is 1. The van der Waals surface area contributed by atoms with E-state index in [-0.39, 0.29) is 11.6 Å². The molecule has 0 aliphatic heterocycles. The van der Waals surface area contributed by atoms with Crippen molar-refractivity contribution in [3.05, 3.63) is 105 Å². The van der Waals surface area contributed by atoms with Crippen LogP contribution in [0.3, 0.4) is 0 Å². The number of hydrogen-bond acceptors (Lipinski definition) is 2. The van der Waals surface area contributed by atoms with Crippen molar-refractivity contribution in [1.82, 2.24) is 0 Å². The van der Waals surface area contributed by atoms with Crippen molar-refractivity contribution >= 4 is 38.4 Å². The number of rotatable bonds is 2. The van der Waals surface area contributed by atoms with Crippen LogP contribution in [0, 0.1) is 12.7 Å². The fourth-order valence-electron chi connectivity index (χ4n) is 2.82. The Morgan fingerprint density at radius 2 is 1.54 bits per heavy atom. The van der Waals surface area contributed by atoms with E-state index in [4.69, 9.17) is 0 Å². The fraction of sp³-hybridized carbons (Fsp3) is 0.125. The van der Waals surface area contributed by atoms with Crippen LogP contribution in [0.5, 0.6) is 0 Å². The smallest absolute Gasteiger partial charge is 0.164 e. The van der Waals surface area contributed by atoms with Crippen LogP contribution in [0.1, 0.15) is 23.6 Å². The van der Waals surface area contributed by atoms with Gasteiger partial charge in [-0.15, -0.1) is 0 Å². The molecule has 0 radical (unpaired) electrons. The molecule has 4 heteroatoms. The number of aryl methyl sites for hydroxylation is 1. The first-order valence-corrected chi connectivity index (χ1v) is 10.5. The van der Waals surface area contributed by atoms with Crippen LogP contribution in [-0.2, 0) is 11.2 Å². The molecule has 0 amide bonds. The van der Waals surface area contributed by atoms with E-state index in [1.165, 1.54) is 17.7 Å². The summed E-state index contributed by atoms with van der Waals surface area (Å²) in [6.45, 7) is 3.86. The summed E-state index contributed by atoms with van der Waals surface area (Å²) in [5, 5.41) is 0. The number of fused-ring (bicyclic) bond motifs is 1. The highest BCUT2D eigenvalue weighted by molar-refractivity contribution is 9.10. The van der Waals surface area contributed by atoms with Gasteiger partial charge in [-0.25, -0.2) is 4.39 Å². The van der Waals surface area contributed by atoms with Gasteiger partial charge in [0.1, 0.15) is 5.82 Å². The molecule has 1 aliphatic carbocycles. The second kappa shape index (κ2) is 9.35. The number of hydrogen-bond donors (Lipinski definition) is 0. The zero-order valence-corrected chi connectivity index (χ0v) is 18.1. The Balaban J connectivity index is 0.000000236. The average Bonchev–Trinajstić information content (AvgIpc) is 2.70. The number of allylic oxidation sites excluding steroid dienone is 1. The van der Waals surface area contributed by atoms with Crippen LogP contribution in [0.2, 0.25) is 0 Å². The zero-order valence-electron chi connectivity index (χ0n) is 15.7. The predicted molar refractivity (Wildman–Crippen MR) is 119 cm³/mol. The minimum atomic E-state index is -0.171. The molecule has 0 N–H and O–H groups in total. The van der Waals surface area contributed by atoms with Gasteiger partial charge in [0.2, 0.25) is 0 Å². The van der Waals surface area contributed by atoms with Crippen LogP contribution >= 0.6 is 27.7 Å². The maximum atomic E-state index is 12.1. The van der Waals surface area contributed by atoms with E-state index < -0.39 is 0 Å². The summed E-state index contributed by atoms with van der Waals surface area (Å²) in [7, 11) is 0. The lowest BCUT2D eigenvalue weighted by Gasteiger charge is -2.20. The predicted octanol–water partition coefficient (Wildman–Crippen LogP) is 7.23. The van der Waals surface area contributed by atoms with Crippen molar-refractivity contribution in [2.75, 3.05) is 0 Å². The zero-order chi connectivity index (χ0) is 20.1. The third-order valence-corrected chi connectivity index (χ3v) is 6.18. The summed E-state index contributed by atoms with van der Waals surface area (Å²) in [4.78, 5) is 14.4. The molecule has 0 aromatic heterocycles. The van der Waals surface area contributed by atoms with Gasteiger partial charge >= 0.3 is 0 Å². The third-order valence-electron chi connectivity index (χ3n) is 4.42. The molecule has 142 valence electrons. The van der Waals surface area contributed by atoms with Gasteiger partial charge in [-0.1, -0.05) is 69.7 Å². The van der Waals surface area contributed by atoms with Gasteiger partial charge in [0.05, 0.1) is 0 Å². The van der Waals surface area contributed by atoms with Crippen molar-refractivity contribution in [3.8, 4) is 0 Å². The summed E-state index contributed by atoms with van der Waals surface area (Å²) in [5.41, 5.74) is 4.28. The summed E-state index contributed by atoms with van der Waals surface area (Å²) < 4.78 is 13.1. The standard InChI is InChI=1S/C17H13BrOS.C7H7F/c1-11-16(19)10-12-4-2-3-5-15(12)17(11)20-14-8-6-13(18)7-9-14;1-6-2-4-7(8)5-3-6/h2-9H,10H2,1H3;2-5H,1H3. The molecule has 0 atom stereocenters. The number of carbonyl (C=O) groups is 1. The third kappa shape index (κ3) is 5.21. The van der Waals surface area contributed by atoms with Crippen molar-refractivity contribution in [1.29, 1.82) is 0 Å². The Bertz CT molecular complexity index is 987. The lowest BCUT2D eigenvalue weighted by atomic mass is 9.92. The summed E-state index contributed by atoms with van der Waals surface area (Å²) in [6, 6.07) is 22.7. The van der Waals surface area contributed by atoms with Gasteiger partial charge in [0.25, 0.3) is 0 Å². The van der Waals surface area contributed by atoms with E-state index in [1.807, 2.05) is 44.2 Å². The molecule has 0 fully saturated rings. The van der Waals surface area contributed by atoms with Crippen molar-refractivity contribution in [3.63, 3.8) is 0 Å². The lowest BCUT2D eigenvalue weighted by molar-refractivity contribution is -0.114. The Hall–Kier alpha value is -2.17. The highest BCUT2D eigenvalue weighted by Crippen LogP contribution is 2.41. The molecule has 3 aromatic rings. The number of benzene rings is 3. The topological polar surface area (TPSA) is 17.1 Å². The summed E-state index contributed by atoms with van der Waals surface area (Å²) in [6.07, 6.45) is 0.520. The first-order valence-electron chi connectivity index (χ1n) is 8.92. The van der Waals surface area contributed by atoms with Gasteiger partial charge in [-0.2, -0.15) is 0 Å². The summed E-state index contributed by atoms with van der Waals surface area (Å²) in [5.74, 6) is 0.0545. The number of Topliss-reactive ketones (excluding diaryl/α,β-unsaturated/α-hetero) is 1. The normalized spacial score (nSPS) is 12.9. The first kappa shape index (κ1) is 20.6. The highest BCUT2D eigenvalue weighted by atomic mass is 79.9. The molecular formula is C24H20BrFOS.